The topological polar surface area (TPSA) is 131 Å². The summed E-state index contributed by atoms with van der Waals surface area (Å²) < 4.78 is 18.3. The summed E-state index contributed by atoms with van der Waals surface area (Å²) in [6, 6.07) is -1.35. The van der Waals surface area contributed by atoms with E-state index in [4.69, 9.17) is 4.74 Å². The molecule has 2 aliphatic heterocycles. The van der Waals surface area contributed by atoms with E-state index in [9.17, 15) is 29.6 Å². The lowest BCUT2D eigenvalue weighted by atomic mass is 9.87. The van der Waals surface area contributed by atoms with Gasteiger partial charge in [0.1, 0.15) is 24.4 Å². The smallest absolute Gasteiger partial charge is 0.237 e. The molecule has 6 N–H and O–H groups in total. The fourth-order valence-electron chi connectivity index (χ4n) is 4.94. The zero-order chi connectivity index (χ0) is 22.5. The minimum atomic E-state index is -1.42. The Morgan fingerprint density at radius 1 is 1.10 bits per heavy atom. The average Bonchev–Trinajstić information content (AvgIpc) is 3.58. The second-order valence-electron chi connectivity index (χ2n) is 9.57. The third-order valence-corrected chi connectivity index (χ3v) is 7.08. The molecule has 1 saturated carbocycles. The summed E-state index contributed by atoms with van der Waals surface area (Å²) in [5.74, 6) is 0.293. The summed E-state index contributed by atoms with van der Waals surface area (Å²) in [4.78, 5) is 13.0. The molecule has 0 aromatic rings. The van der Waals surface area contributed by atoms with E-state index in [2.05, 4.69) is 10.6 Å². The number of aliphatic hydroxyl groups is 4. The number of unbranched alkanes of at least 4 members (excludes halogenated alkanes) is 1. The Bertz CT molecular complexity index is 578. The van der Waals surface area contributed by atoms with Gasteiger partial charge >= 0.3 is 0 Å². The van der Waals surface area contributed by atoms with E-state index in [1.165, 1.54) is 6.92 Å². The number of nitrogens with one attached hydrogen (secondary N) is 2. The van der Waals surface area contributed by atoms with Crippen LogP contribution in [-0.2, 0) is 9.53 Å². The Kier molecular flexibility index (Phi) is 9.07. The van der Waals surface area contributed by atoms with Crippen molar-refractivity contribution >= 4 is 5.91 Å². The number of alkyl halides is 1. The average molecular weight is 447 g/mol. The van der Waals surface area contributed by atoms with Crippen LogP contribution in [0.4, 0.5) is 4.39 Å². The van der Waals surface area contributed by atoms with Crippen LogP contribution in [-0.4, -0.2) is 88.3 Å². The molecule has 1 aliphatic carbocycles. The summed E-state index contributed by atoms with van der Waals surface area (Å²) in [7, 11) is 0. The van der Waals surface area contributed by atoms with E-state index in [0.717, 1.165) is 38.5 Å². The first-order valence-corrected chi connectivity index (χ1v) is 11.8. The van der Waals surface area contributed by atoms with E-state index in [0.29, 0.717) is 25.3 Å². The molecule has 1 amide bonds. The van der Waals surface area contributed by atoms with Gasteiger partial charge < -0.3 is 35.8 Å². The molecule has 0 spiro atoms. The molecule has 0 aromatic heterocycles. The molecule has 3 fully saturated rings. The molecule has 3 rings (SSSR count). The van der Waals surface area contributed by atoms with Gasteiger partial charge in [-0.2, -0.15) is 0 Å². The summed E-state index contributed by atoms with van der Waals surface area (Å²) in [6.07, 6.45) is -0.0901. The molecule has 0 aromatic carbocycles. The van der Waals surface area contributed by atoms with Gasteiger partial charge in [0.25, 0.3) is 0 Å². The lowest BCUT2D eigenvalue weighted by Gasteiger charge is -2.44. The highest BCUT2D eigenvalue weighted by atomic mass is 19.1. The van der Waals surface area contributed by atoms with Gasteiger partial charge in [-0.1, -0.05) is 12.8 Å². The maximum Gasteiger partial charge on any atom is 0.237 e. The summed E-state index contributed by atoms with van der Waals surface area (Å²) >= 11 is 0. The van der Waals surface area contributed by atoms with Crippen molar-refractivity contribution in [2.24, 2.45) is 11.8 Å². The normalized spacial score (nSPS) is 38.8. The van der Waals surface area contributed by atoms with Gasteiger partial charge in [-0.25, -0.2) is 0 Å². The second-order valence-corrected chi connectivity index (χ2v) is 9.57. The summed E-state index contributed by atoms with van der Waals surface area (Å²) in [5, 5.41) is 47.5. The Hall–Kier alpha value is -0.840. The second kappa shape index (κ2) is 11.3. The van der Waals surface area contributed by atoms with Crippen molar-refractivity contribution in [3.63, 3.8) is 0 Å². The molecule has 9 heteroatoms. The quantitative estimate of drug-likeness (QED) is 0.275. The predicted molar refractivity (Wildman–Crippen MR) is 112 cm³/mol. The molecule has 0 radical (unpaired) electrons. The molecule has 180 valence electrons. The number of amides is 1. The van der Waals surface area contributed by atoms with Crippen LogP contribution in [0, 0.1) is 11.8 Å². The van der Waals surface area contributed by atoms with E-state index in [-0.39, 0.29) is 18.5 Å². The van der Waals surface area contributed by atoms with Crippen molar-refractivity contribution in [3.05, 3.63) is 0 Å². The summed E-state index contributed by atoms with van der Waals surface area (Å²) in [6.45, 7) is 1.90. The number of carbonyl (C=O) groups is 1. The van der Waals surface area contributed by atoms with Gasteiger partial charge in [-0.15, -0.1) is 0 Å². The maximum atomic E-state index is 13.0. The van der Waals surface area contributed by atoms with Crippen molar-refractivity contribution in [1.82, 2.24) is 10.6 Å². The van der Waals surface area contributed by atoms with Crippen LogP contribution in [0.1, 0.15) is 58.3 Å². The number of ether oxygens (including phenoxy) is 1. The molecule has 3 aliphatic rings. The maximum absolute atomic E-state index is 13.0. The summed E-state index contributed by atoms with van der Waals surface area (Å²) in [5.41, 5.74) is 0. The predicted octanol–water partition coefficient (Wildman–Crippen LogP) is 0.0102. The van der Waals surface area contributed by atoms with Crippen LogP contribution >= 0.6 is 0 Å². The zero-order valence-corrected chi connectivity index (χ0v) is 18.3. The highest BCUT2D eigenvalue weighted by Gasteiger charge is 2.52. The number of hydrogen-bond acceptors (Lipinski definition) is 7. The minimum Gasteiger partial charge on any atom is -0.391 e. The van der Waals surface area contributed by atoms with Crippen LogP contribution in [0.3, 0.4) is 0 Å². The van der Waals surface area contributed by atoms with Gasteiger partial charge in [0.2, 0.25) is 5.91 Å². The lowest BCUT2D eigenvalue weighted by molar-refractivity contribution is -0.238. The van der Waals surface area contributed by atoms with E-state index in [1.807, 2.05) is 0 Å². The highest BCUT2D eigenvalue weighted by Crippen LogP contribution is 2.40. The van der Waals surface area contributed by atoms with Gasteiger partial charge in [0.15, 0.2) is 0 Å². The molecule has 9 atom stereocenters. The van der Waals surface area contributed by atoms with E-state index < -0.39 is 48.7 Å². The molecule has 0 bridgehead atoms. The fourth-order valence-corrected chi connectivity index (χ4v) is 4.94. The van der Waals surface area contributed by atoms with Gasteiger partial charge in [0, 0.05) is 0 Å². The van der Waals surface area contributed by atoms with Crippen LogP contribution in [0.5, 0.6) is 0 Å². The largest absolute Gasteiger partial charge is 0.391 e. The van der Waals surface area contributed by atoms with Crippen molar-refractivity contribution in [3.8, 4) is 0 Å². The molecule has 8 nitrogen and oxygen atoms in total. The van der Waals surface area contributed by atoms with Crippen LogP contribution < -0.4 is 10.6 Å². The van der Waals surface area contributed by atoms with Gasteiger partial charge in [0.05, 0.1) is 31.0 Å². The molecular weight excluding hydrogens is 407 g/mol. The highest BCUT2D eigenvalue weighted by molar-refractivity contribution is 5.82. The molecular formula is C22H39FN2O6. The lowest BCUT2D eigenvalue weighted by Crippen LogP contribution is -2.66. The number of carbonyl (C=O) groups excluding carboxylic acids is 1. The molecule has 2 saturated heterocycles. The van der Waals surface area contributed by atoms with Crippen molar-refractivity contribution < 1.29 is 34.3 Å². The van der Waals surface area contributed by atoms with Crippen LogP contribution in [0.25, 0.3) is 0 Å². The van der Waals surface area contributed by atoms with Crippen LogP contribution in [0.2, 0.25) is 0 Å². The standard InChI is InChI=1S/C22H39FN2O6/c1-12(26)16(21-19(29)17(27)18(28)20(31-21)14-6-7-14)25-22(30)15-8-5-13(9-11-24-15)4-2-3-10-23/h12-21,24,26-29H,2-11H2,1H3,(H,25,30)/t12-,13+,15+,16-,17?,18-,19?,20?,21-/m1/s1. The molecule has 3 unspecified atom stereocenters. The first-order chi connectivity index (χ1) is 14.8. The van der Waals surface area contributed by atoms with Crippen molar-refractivity contribution in [2.45, 2.75) is 107 Å². The third-order valence-electron chi connectivity index (χ3n) is 7.08. The Morgan fingerprint density at radius 3 is 2.48 bits per heavy atom. The van der Waals surface area contributed by atoms with Crippen molar-refractivity contribution in [1.29, 1.82) is 0 Å². The Morgan fingerprint density at radius 2 is 1.84 bits per heavy atom. The van der Waals surface area contributed by atoms with E-state index >= 15 is 0 Å². The minimum absolute atomic E-state index is 0.114. The first kappa shape index (κ1) is 24.8. The van der Waals surface area contributed by atoms with Crippen molar-refractivity contribution in [2.75, 3.05) is 13.2 Å². The zero-order valence-electron chi connectivity index (χ0n) is 18.3. The molecule has 2 heterocycles. The van der Waals surface area contributed by atoms with E-state index in [1.54, 1.807) is 0 Å². The monoisotopic (exact) mass is 446 g/mol. The fraction of sp³-hybridized carbons (Fsp3) is 0.955. The number of halogens is 1. The van der Waals surface area contributed by atoms with Gasteiger partial charge in [-0.3, -0.25) is 9.18 Å². The third kappa shape index (κ3) is 6.36. The number of aliphatic hydroxyl groups excluding tert-OH is 4. The first-order valence-electron chi connectivity index (χ1n) is 11.8. The molecule has 31 heavy (non-hydrogen) atoms. The van der Waals surface area contributed by atoms with Gasteiger partial charge in [-0.05, 0) is 63.8 Å². The Balaban J connectivity index is 1.59. The Labute approximate surface area is 183 Å². The number of rotatable bonds is 9. The van der Waals surface area contributed by atoms with Crippen LogP contribution in [0.15, 0.2) is 0 Å². The SMILES string of the molecule is C[C@@H](O)[C@@H](NC(=O)[C@@H]1CC[C@H](CCCCF)CCN1)[C@H]1OC(C2CC2)[C@H](O)C(O)C1O. The number of hydrogen-bond donors (Lipinski definition) is 6.